The lowest BCUT2D eigenvalue weighted by molar-refractivity contribution is -0.113. The van der Waals surface area contributed by atoms with E-state index in [2.05, 4.69) is 11.1 Å². The second-order valence-corrected chi connectivity index (χ2v) is 8.10. The molecule has 3 rings (SSSR count). The van der Waals surface area contributed by atoms with Crippen molar-refractivity contribution < 1.29 is 14.3 Å². The van der Waals surface area contributed by atoms with Gasteiger partial charge in [0.25, 0.3) is 5.91 Å². The molecule has 0 fully saturated rings. The molecule has 0 saturated carbocycles. The van der Waals surface area contributed by atoms with Gasteiger partial charge in [-0.3, -0.25) is 4.79 Å². The first-order valence-electron chi connectivity index (χ1n) is 8.43. The van der Waals surface area contributed by atoms with Crippen LogP contribution in [0.25, 0.3) is 6.08 Å². The molecule has 0 aromatic heterocycles. The standard InChI is InChI=1S/C20H18Cl2N2O3S/c1-11-5-12(2)7-15(6-11)26-3-4-27-18-13(8-14(21)10-16(18)22)9-17-19(25)24-20(23)28-17/h5-10H,3-4H2,1-2H3,(H2,23,24,25)/b17-9+. The molecule has 1 aliphatic rings. The van der Waals surface area contributed by atoms with Gasteiger partial charge in [0.1, 0.15) is 24.7 Å². The van der Waals surface area contributed by atoms with Gasteiger partial charge >= 0.3 is 0 Å². The SMILES string of the molecule is Cc1cc(C)cc(OCCOc2c(Cl)cc(Cl)cc2/C=C2/SC(N)=NC2=O)c1. The number of nitrogens with two attached hydrogens (primary N) is 1. The molecule has 146 valence electrons. The van der Waals surface area contributed by atoms with Crippen LogP contribution in [0.15, 0.2) is 40.2 Å². The van der Waals surface area contributed by atoms with Gasteiger partial charge in [-0.1, -0.05) is 29.3 Å². The number of thioether (sulfide) groups is 1. The number of ether oxygens (including phenoxy) is 2. The molecule has 2 aromatic rings. The maximum Gasteiger partial charge on any atom is 0.286 e. The maximum absolute atomic E-state index is 11.9. The number of hydrogen-bond donors (Lipinski definition) is 1. The van der Waals surface area contributed by atoms with Crippen molar-refractivity contribution in [1.82, 2.24) is 0 Å². The normalized spacial score (nSPS) is 15.1. The van der Waals surface area contributed by atoms with Gasteiger partial charge in [0, 0.05) is 10.6 Å². The molecular formula is C20H18Cl2N2O3S. The summed E-state index contributed by atoms with van der Waals surface area (Å²) in [4.78, 5) is 15.9. The van der Waals surface area contributed by atoms with Crippen molar-refractivity contribution in [3.63, 3.8) is 0 Å². The fourth-order valence-corrected chi connectivity index (χ4v) is 3.96. The van der Waals surface area contributed by atoms with Crippen LogP contribution in [0.1, 0.15) is 16.7 Å². The summed E-state index contributed by atoms with van der Waals surface area (Å²) < 4.78 is 11.6. The van der Waals surface area contributed by atoms with Gasteiger partial charge in [-0.15, -0.1) is 0 Å². The second-order valence-electron chi connectivity index (χ2n) is 6.19. The summed E-state index contributed by atoms with van der Waals surface area (Å²) in [5.74, 6) is 0.801. The van der Waals surface area contributed by atoms with Crippen LogP contribution in [-0.4, -0.2) is 24.3 Å². The maximum atomic E-state index is 11.9. The molecule has 1 heterocycles. The molecule has 0 atom stereocenters. The molecule has 0 radical (unpaired) electrons. The molecule has 0 bridgehead atoms. The average molecular weight is 437 g/mol. The minimum atomic E-state index is -0.400. The third kappa shape index (κ3) is 5.22. The van der Waals surface area contributed by atoms with E-state index in [0.717, 1.165) is 28.6 Å². The van der Waals surface area contributed by atoms with Crippen LogP contribution < -0.4 is 15.2 Å². The van der Waals surface area contributed by atoms with Crippen molar-refractivity contribution >= 4 is 52.1 Å². The van der Waals surface area contributed by atoms with Crippen LogP contribution in [0.2, 0.25) is 10.0 Å². The summed E-state index contributed by atoms with van der Waals surface area (Å²) in [5, 5.41) is 0.976. The van der Waals surface area contributed by atoms with E-state index in [1.807, 2.05) is 26.0 Å². The van der Waals surface area contributed by atoms with E-state index in [4.69, 9.17) is 38.4 Å². The van der Waals surface area contributed by atoms with Crippen molar-refractivity contribution in [3.8, 4) is 11.5 Å². The molecular weight excluding hydrogens is 419 g/mol. The second kappa shape index (κ2) is 8.90. The van der Waals surface area contributed by atoms with Crippen LogP contribution in [0.4, 0.5) is 0 Å². The van der Waals surface area contributed by atoms with E-state index >= 15 is 0 Å². The van der Waals surface area contributed by atoms with E-state index in [9.17, 15) is 4.79 Å². The van der Waals surface area contributed by atoms with E-state index in [0.29, 0.717) is 32.9 Å². The molecule has 1 aliphatic heterocycles. The van der Waals surface area contributed by atoms with Gasteiger partial charge < -0.3 is 15.2 Å². The van der Waals surface area contributed by atoms with Crippen LogP contribution in [0.3, 0.4) is 0 Å². The number of rotatable bonds is 6. The number of aliphatic imine (C=N–C) groups is 1. The predicted molar refractivity (Wildman–Crippen MR) is 116 cm³/mol. The summed E-state index contributed by atoms with van der Waals surface area (Å²) in [5.41, 5.74) is 8.43. The van der Waals surface area contributed by atoms with Crippen molar-refractivity contribution in [2.24, 2.45) is 10.7 Å². The predicted octanol–water partition coefficient (Wildman–Crippen LogP) is 5.00. The van der Waals surface area contributed by atoms with Crippen LogP contribution in [0.5, 0.6) is 11.5 Å². The first-order valence-corrected chi connectivity index (χ1v) is 10.00. The highest BCUT2D eigenvalue weighted by Crippen LogP contribution is 2.36. The minimum Gasteiger partial charge on any atom is -0.490 e. The Bertz CT molecular complexity index is 969. The zero-order chi connectivity index (χ0) is 20.3. The fraction of sp³-hybridized carbons (Fsp3) is 0.200. The monoisotopic (exact) mass is 436 g/mol. The molecule has 8 heteroatoms. The highest BCUT2D eigenvalue weighted by Gasteiger charge is 2.21. The number of amidine groups is 1. The largest absolute Gasteiger partial charge is 0.490 e. The van der Waals surface area contributed by atoms with E-state index in [-0.39, 0.29) is 11.8 Å². The number of amides is 1. The first-order chi connectivity index (χ1) is 13.3. The molecule has 28 heavy (non-hydrogen) atoms. The van der Waals surface area contributed by atoms with Gasteiger partial charge in [0.15, 0.2) is 5.17 Å². The summed E-state index contributed by atoms with van der Waals surface area (Å²) >= 11 is 13.5. The van der Waals surface area contributed by atoms with Crippen LogP contribution in [-0.2, 0) is 4.79 Å². The fourth-order valence-electron chi connectivity index (χ4n) is 2.73. The van der Waals surface area contributed by atoms with Crippen LogP contribution >= 0.6 is 35.0 Å². The van der Waals surface area contributed by atoms with E-state index < -0.39 is 5.91 Å². The number of nitrogens with zero attached hydrogens (tertiary/aromatic N) is 1. The highest BCUT2D eigenvalue weighted by molar-refractivity contribution is 8.18. The summed E-state index contributed by atoms with van der Waals surface area (Å²) in [6, 6.07) is 9.26. The Morgan fingerprint density at radius 1 is 1.07 bits per heavy atom. The Labute approximate surface area is 177 Å². The Balaban J connectivity index is 1.71. The molecule has 1 amide bonds. The van der Waals surface area contributed by atoms with Gasteiger partial charge in [-0.25, -0.2) is 0 Å². The first kappa shape index (κ1) is 20.6. The highest BCUT2D eigenvalue weighted by atomic mass is 35.5. The van der Waals surface area contributed by atoms with E-state index in [1.165, 1.54) is 0 Å². The van der Waals surface area contributed by atoms with Gasteiger partial charge in [-0.05, 0) is 67.1 Å². The lowest BCUT2D eigenvalue weighted by Gasteiger charge is -2.13. The lowest BCUT2D eigenvalue weighted by atomic mass is 10.1. The molecule has 0 unspecified atom stereocenters. The van der Waals surface area contributed by atoms with Crippen molar-refractivity contribution in [2.75, 3.05) is 13.2 Å². The van der Waals surface area contributed by atoms with Gasteiger partial charge in [0.05, 0.1) is 9.93 Å². The van der Waals surface area contributed by atoms with Crippen molar-refractivity contribution in [1.29, 1.82) is 0 Å². The molecule has 5 nitrogen and oxygen atoms in total. The third-order valence-electron chi connectivity index (χ3n) is 3.75. The summed E-state index contributed by atoms with van der Waals surface area (Å²) in [7, 11) is 0. The Morgan fingerprint density at radius 3 is 2.39 bits per heavy atom. The molecule has 2 N–H and O–H groups in total. The Morgan fingerprint density at radius 2 is 1.75 bits per heavy atom. The number of hydrogen-bond acceptors (Lipinski definition) is 5. The zero-order valence-electron chi connectivity index (χ0n) is 15.3. The van der Waals surface area contributed by atoms with Crippen molar-refractivity contribution in [2.45, 2.75) is 13.8 Å². The minimum absolute atomic E-state index is 0.202. The summed E-state index contributed by atoms with van der Waals surface area (Å²) in [6.45, 7) is 4.64. The molecule has 2 aromatic carbocycles. The van der Waals surface area contributed by atoms with E-state index in [1.54, 1.807) is 18.2 Å². The number of halogens is 2. The van der Waals surface area contributed by atoms with Gasteiger partial charge in [-0.2, -0.15) is 4.99 Å². The molecule has 0 aliphatic carbocycles. The summed E-state index contributed by atoms with van der Waals surface area (Å²) in [6.07, 6.45) is 1.62. The van der Waals surface area contributed by atoms with Crippen molar-refractivity contribution in [3.05, 3.63) is 62.0 Å². The molecule has 0 saturated heterocycles. The average Bonchev–Trinajstić information content (AvgIpc) is 2.89. The zero-order valence-corrected chi connectivity index (χ0v) is 17.6. The van der Waals surface area contributed by atoms with Crippen LogP contribution in [0, 0.1) is 13.8 Å². The third-order valence-corrected chi connectivity index (χ3v) is 5.07. The number of benzene rings is 2. The lowest BCUT2D eigenvalue weighted by Crippen LogP contribution is -2.10. The number of aryl methyl sites for hydroxylation is 2. The smallest absolute Gasteiger partial charge is 0.286 e. The Hall–Kier alpha value is -2.15. The molecule has 0 spiro atoms. The number of carbonyl (C=O) groups excluding carboxylic acids is 1. The Kier molecular flexibility index (Phi) is 6.54. The topological polar surface area (TPSA) is 73.9 Å². The quantitative estimate of drug-likeness (QED) is 0.509. The number of carbonyl (C=O) groups is 1. The van der Waals surface area contributed by atoms with Gasteiger partial charge in [0.2, 0.25) is 0 Å².